The molecule has 0 radical (unpaired) electrons. The topological polar surface area (TPSA) is 46.2 Å². The van der Waals surface area contributed by atoms with Crippen LogP contribution >= 0.6 is 11.3 Å². The Balaban J connectivity index is 2.31. The van der Waals surface area contributed by atoms with Gasteiger partial charge in [-0.3, -0.25) is 9.59 Å². The lowest BCUT2D eigenvalue weighted by Gasteiger charge is -1.95. The van der Waals surface area contributed by atoms with Crippen molar-refractivity contribution in [3.63, 3.8) is 0 Å². The van der Waals surface area contributed by atoms with E-state index in [1.54, 1.807) is 6.07 Å². The van der Waals surface area contributed by atoms with E-state index in [2.05, 4.69) is 5.32 Å². The molecule has 0 bridgehead atoms. The second-order valence-electron chi connectivity index (χ2n) is 3.03. The maximum atomic E-state index is 10.5. The first-order valence-corrected chi connectivity index (χ1v) is 5.50. The molecule has 0 aliphatic rings. The Morgan fingerprint density at radius 2 is 2.20 bits per heavy atom. The van der Waals surface area contributed by atoms with Crippen molar-refractivity contribution in [2.75, 3.05) is 6.54 Å². The Kier molecular flexibility index (Phi) is 4.77. The van der Waals surface area contributed by atoms with Crippen molar-refractivity contribution in [1.82, 2.24) is 5.32 Å². The minimum absolute atomic E-state index is 0.0113. The third-order valence-electron chi connectivity index (χ3n) is 1.73. The quantitative estimate of drug-likeness (QED) is 0.613. The minimum Gasteiger partial charge on any atom is -0.356 e. The molecule has 4 heteroatoms. The fourth-order valence-corrected chi connectivity index (χ4v) is 1.81. The molecule has 0 saturated heterocycles. The van der Waals surface area contributed by atoms with Crippen molar-refractivity contribution < 1.29 is 9.59 Å². The Morgan fingerprint density at radius 1 is 1.47 bits per heavy atom. The highest BCUT2D eigenvalue weighted by Gasteiger charge is 1.94. The molecule has 3 nitrogen and oxygen atoms in total. The van der Waals surface area contributed by atoms with Gasteiger partial charge in [0.05, 0.1) is 4.88 Å². The Morgan fingerprint density at radius 3 is 2.80 bits per heavy atom. The van der Waals surface area contributed by atoms with Gasteiger partial charge in [0, 0.05) is 18.3 Å². The molecule has 0 aliphatic carbocycles. The smallest absolute Gasteiger partial charge is 0.216 e. The van der Waals surface area contributed by atoms with Crippen molar-refractivity contribution in [3.05, 3.63) is 28.0 Å². The molecule has 0 spiro atoms. The van der Waals surface area contributed by atoms with Crippen LogP contribution < -0.4 is 5.32 Å². The lowest BCUT2D eigenvalue weighted by molar-refractivity contribution is -0.118. The van der Waals surface area contributed by atoms with Crippen LogP contribution in [0.25, 0.3) is 6.08 Å². The summed E-state index contributed by atoms with van der Waals surface area (Å²) in [5, 5.41) is 2.71. The molecule has 1 rings (SSSR count). The van der Waals surface area contributed by atoms with E-state index >= 15 is 0 Å². The van der Waals surface area contributed by atoms with Gasteiger partial charge in [0.15, 0.2) is 6.29 Å². The van der Waals surface area contributed by atoms with E-state index in [9.17, 15) is 9.59 Å². The molecule has 1 N–H and O–H groups in total. The molecule has 0 atom stereocenters. The van der Waals surface area contributed by atoms with Crippen molar-refractivity contribution in [2.45, 2.75) is 13.3 Å². The van der Waals surface area contributed by atoms with Gasteiger partial charge in [0.1, 0.15) is 0 Å². The van der Waals surface area contributed by atoms with Crippen molar-refractivity contribution >= 4 is 29.6 Å². The molecule has 0 aromatic carbocycles. The molecule has 0 aliphatic heterocycles. The summed E-state index contributed by atoms with van der Waals surface area (Å²) in [4.78, 5) is 22.7. The highest BCUT2D eigenvalue weighted by atomic mass is 32.1. The van der Waals surface area contributed by atoms with Gasteiger partial charge < -0.3 is 5.32 Å². The number of carbonyl (C=O) groups excluding carboxylic acids is 2. The lowest BCUT2D eigenvalue weighted by Crippen LogP contribution is -2.20. The summed E-state index contributed by atoms with van der Waals surface area (Å²) < 4.78 is 0. The summed E-state index contributed by atoms with van der Waals surface area (Å²) in [6.45, 7) is 2.15. The maximum Gasteiger partial charge on any atom is 0.216 e. The summed E-state index contributed by atoms with van der Waals surface area (Å²) in [5.74, 6) is -0.0113. The first kappa shape index (κ1) is 11.7. The average molecular weight is 223 g/mol. The van der Waals surface area contributed by atoms with E-state index < -0.39 is 0 Å². The molecule has 1 aromatic rings. The van der Waals surface area contributed by atoms with Crippen molar-refractivity contribution in [3.8, 4) is 0 Å². The number of thiophene rings is 1. The third kappa shape index (κ3) is 4.56. The van der Waals surface area contributed by atoms with Gasteiger partial charge in [-0.25, -0.2) is 0 Å². The van der Waals surface area contributed by atoms with Crippen molar-refractivity contribution in [1.29, 1.82) is 0 Å². The number of rotatable bonds is 5. The molecule has 80 valence electrons. The second kappa shape index (κ2) is 6.14. The third-order valence-corrected chi connectivity index (χ3v) is 2.71. The zero-order chi connectivity index (χ0) is 11.1. The van der Waals surface area contributed by atoms with Gasteiger partial charge >= 0.3 is 0 Å². The minimum atomic E-state index is -0.0113. The van der Waals surface area contributed by atoms with Crippen LogP contribution in [0.1, 0.15) is 27.9 Å². The van der Waals surface area contributed by atoms with E-state index in [1.807, 2.05) is 18.2 Å². The molecule has 1 heterocycles. The molecule has 15 heavy (non-hydrogen) atoms. The van der Waals surface area contributed by atoms with Gasteiger partial charge in [-0.2, -0.15) is 0 Å². The predicted molar refractivity (Wildman–Crippen MR) is 62.0 cm³/mol. The molecule has 1 aromatic heterocycles. The van der Waals surface area contributed by atoms with Gasteiger partial charge in [0.2, 0.25) is 5.91 Å². The predicted octanol–water partition coefficient (Wildman–Crippen LogP) is 2.10. The fourth-order valence-electron chi connectivity index (χ4n) is 1.05. The molecule has 0 saturated carbocycles. The van der Waals surface area contributed by atoms with Crippen LogP contribution in [0, 0.1) is 0 Å². The molecular weight excluding hydrogens is 210 g/mol. The van der Waals surface area contributed by atoms with E-state index in [0.717, 1.165) is 22.5 Å². The second-order valence-corrected chi connectivity index (χ2v) is 4.18. The van der Waals surface area contributed by atoms with Crippen LogP contribution in [0.15, 0.2) is 18.2 Å². The van der Waals surface area contributed by atoms with Crippen molar-refractivity contribution in [2.24, 2.45) is 0 Å². The Bertz CT molecular complexity index is 368. The summed E-state index contributed by atoms with van der Waals surface area (Å²) in [7, 11) is 0. The number of aldehydes is 1. The van der Waals surface area contributed by atoms with Gasteiger partial charge in [-0.15, -0.1) is 11.3 Å². The maximum absolute atomic E-state index is 10.5. The SMILES string of the molecule is CC(=O)NCCC=Cc1ccc(C=O)s1. The highest BCUT2D eigenvalue weighted by molar-refractivity contribution is 7.14. The normalized spacial score (nSPS) is 10.5. The van der Waals surface area contributed by atoms with Crippen LogP contribution in [-0.2, 0) is 4.79 Å². The number of hydrogen-bond donors (Lipinski definition) is 1. The zero-order valence-corrected chi connectivity index (χ0v) is 9.34. The first-order chi connectivity index (χ1) is 7.22. The Hall–Kier alpha value is -1.42. The number of carbonyl (C=O) groups is 2. The van der Waals surface area contributed by atoms with E-state index in [1.165, 1.54) is 18.3 Å². The van der Waals surface area contributed by atoms with Crippen LogP contribution in [-0.4, -0.2) is 18.7 Å². The summed E-state index contributed by atoms with van der Waals surface area (Å²) in [6, 6.07) is 3.70. The summed E-state index contributed by atoms with van der Waals surface area (Å²) in [6.07, 6.45) is 5.59. The standard InChI is InChI=1S/C11H13NO2S/c1-9(14)12-7-3-2-4-10-5-6-11(8-13)15-10/h2,4-6,8H,3,7H2,1H3,(H,12,14). The van der Waals surface area contributed by atoms with E-state index in [4.69, 9.17) is 0 Å². The largest absolute Gasteiger partial charge is 0.356 e. The summed E-state index contributed by atoms with van der Waals surface area (Å²) in [5.41, 5.74) is 0. The van der Waals surface area contributed by atoms with Gasteiger partial charge in [-0.05, 0) is 24.6 Å². The monoisotopic (exact) mass is 223 g/mol. The van der Waals surface area contributed by atoms with Gasteiger partial charge in [-0.1, -0.05) is 6.08 Å². The van der Waals surface area contributed by atoms with Crippen LogP contribution in [0.2, 0.25) is 0 Å². The van der Waals surface area contributed by atoms with Crippen LogP contribution in [0.5, 0.6) is 0 Å². The highest BCUT2D eigenvalue weighted by Crippen LogP contribution is 2.15. The number of nitrogens with one attached hydrogen (secondary N) is 1. The van der Waals surface area contributed by atoms with E-state index in [-0.39, 0.29) is 5.91 Å². The lowest BCUT2D eigenvalue weighted by atomic mass is 10.3. The first-order valence-electron chi connectivity index (χ1n) is 4.68. The average Bonchev–Trinajstić information content (AvgIpc) is 2.65. The zero-order valence-electron chi connectivity index (χ0n) is 8.53. The number of hydrogen-bond acceptors (Lipinski definition) is 3. The molecule has 0 unspecified atom stereocenters. The van der Waals surface area contributed by atoms with Gasteiger partial charge in [0.25, 0.3) is 0 Å². The Labute approximate surface area is 92.8 Å². The molecular formula is C11H13NO2S. The van der Waals surface area contributed by atoms with Crippen LogP contribution in [0.3, 0.4) is 0 Å². The molecule has 0 fully saturated rings. The summed E-state index contributed by atoms with van der Waals surface area (Å²) >= 11 is 1.46. The fraction of sp³-hybridized carbons (Fsp3) is 0.273. The van der Waals surface area contributed by atoms with Crippen LogP contribution in [0.4, 0.5) is 0 Å². The van der Waals surface area contributed by atoms with E-state index in [0.29, 0.717) is 6.54 Å². The number of amides is 1. The molecule has 1 amide bonds.